The molecule has 3 fully saturated rings. The van der Waals surface area contributed by atoms with Gasteiger partial charge in [0.25, 0.3) is 0 Å². The number of esters is 2. The number of aliphatic hydroxyl groups is 3. The van der Waals surface area contributed by atoms with Gasteiger partial charge in [0.15, 0.2) is 18.7 Å². The first-order chi connectivity index (χ1) is 27.3. The molecule has 3 saturated heterocycles. The van der Waals surface area contributed by atoms with Gasteiger partial charge in [0.2, 0.25) is 0 Å². The first-order valence-electron chi connectivity index (χ1n) is 20.7. The standard InChI is InChI=1S/C41H72N4O14/c1-16-29-40(11,50)34(48)23(4)31(47)21(2)18-38(9,52-14)35(59-37-33(56-27(8)46)28(45(12)13)17-22(3)54-37)24(5)32(25(6)36(49)57-29)58-30-19-39(10,53-15)41(51,20-43-44-42)26(7)55-30/h21-26,28-30,32-35,37,48,50-51H,16-20H2,1-15H3/t21-,22-,23+,24+,25-,26+,28+,29-,30+,32+,33-,34-,35-,37+,38+,39-,40-,41-/m1/s1. The largest absolute Gasteiger partial charge is 0.459 e. The van der Waals surface area contributed by atoms with Crippen molar-refractivity contribution in [1.82, 2.24) is 4.90 Å². The Morgan fingerprint density at radius 3 is 2.12 bits per heavy atom. The van der Waals surface area contributed by atoms with Crippen LogP contribution in [0.2, 0.25) is 0 Å². The lowest BCUT2D eigenvalue weighted by atomic mass is 9.73. The fraction of sp³-hybridized carbons (Fsp3) is 0.927. The molecule has 3 rings (SSSR count). The Bertz CT molecular complexity index is 1500. The summed E-state index contributed by atoms with van der Waals surface area (Å²) >= 11 is 0. The van der Waals surface area contributed by atoms with Crippen LogP contribution < -0.4 is 0 Å². The Labute approximate surface area is 349 Å². The van der Waals surface area contributed by atoms with Crippen LogP contribution in [0.25, 0.3) is 10.4 Å². The van der Waals surface area contributed by atoms with Crippen LogP contribution in [-0.2, 0) is 52.3 Å². The molecule has 18 heteroatoms. The number of nitrogens with zero attached hydrogens (tertiary/aromatic N) is 4. The molecule has 3 N–H and O–H groups in total. The zero-order chi connectivity index (χ0) is 45.0. The summed E-state index contributed by atoms with van der Waals surface area (Å²) < 4.78 is 50.6. The molecule has 0 unspecified atom stereocenters. The van der Waals surface area contributed by atoms with Crippen LogP contribution in [0.15, 0.2) is 5.11 Å². The molecule has 0 radical (unpaired) electrons. The molecule has 0 aromatic carbocycles. The van der Waals surface area contributed by atoms with Crippen LogP contribution in [0.5, 0.6) is 0 Å². The van der Waals surface area contributed by atoms with E-state index >= 15 is 0 Å². The van der Waals surface area contributed by atoms with Gasteiger partial charge in [0.1, 0.15) is 28.7 Å². The van der Waals surface area contributed by atoms with E-state index in [-0.39, 0.29) is 43.7 Å². The summed E-state index contributed by atoms with van der Waals surface area (Å²) in [5, 5.41) is 38.7. The second kappa shape index (κ2) is 20.1. The molecule has 3 heterocycles. The van der Waals surface area contributed by atoms with Crippen LogP contribution in [0, 0.1) is 23.7 Å². The van der Waals surface area contributed by atoms with Crippen LogP contribution in [0.3, 0.4) is 0 Å². The number of carbonyl (C=O) groups is 3. The van der Waals surface area contributed by atoms with Gasteiger partial charge in [0.05, 0.1) is 54.6 Å². The molecule has 0 aromatic rings. The molecule has 0 aliphatic carbocycles. The van der Waals surface area contributed by atoms with E-state index in [9.17, 15) is 29.7 Å². The Morgan fingerprint density at radius 1 is 0.966 bits per heavy atom. The number of aliphatic hydroxyl groups excluding tert-OH is 1. The van der Waals surface area contributed by atoms with Gasteiger partial charge in [-0.05, 0) is 80.4 Å². The van der Waals surface area contributed by atoms with E-state index in [0.29, 0.717) is 6.42 Å². The van der Waals surface area contributed by atoms with Gasteiger partial charge in [0, 0.05) is 50.2 Å². The minimum absolute atomic E-state index is 0.0437. The summed E-state index contributed by atoms with van der Waals surface area (Å²) in [5.41, 5.74) is 2.59. The molecular formula is C41H72N4O14. The average Bonchev–Trinajstić information content (AvgIpc) is 3.17. The summed E-state index contributed by atoms with van der Waals surface area (Å²) in [6.07, 6.45) is -8.95. The highest BCUT2D eigenvalue weighted by Gasteiger charge is 2.59. The fourth-order valence-corrected chi connectivity index (χ4v) is 9.38. The number of ether oxygens (including phenoxy) is 8. The van der Waals surface area contributed by atoms with Crippen LogP contribution >= 0.6 is 0 Å². The van der Waals surface area contributed by atoms with Gasteiger partial charge in [-0.1, -0.05) is 32.8 Å². The van der Waals surface area contributed by atoms with Crippen molar-refractivity contribution in [2.45, 2.75) is 186 Å². The maximum atomic E-state index is 14.4. The number of likely N-dealkylation sites (N-methyl/N-ethyl adjacent to an activating group) is 1. The van der Waals surface area contributed by atoms with E-state index in [1.165, 1.54) is 35.0 Å². The Kier molecular flexibility index (Phi) is 17.4. The topological polar surface area (TPSA) is 238 Å². The van der Waals surface area contributed by atoms with Crippen molar-refractivity contribution < 1.29 is 67.6 Å². The molecule has 0 bridgehead atoms. The lowest BCUT2D eigenvalue weighted by molar-refractivity contribution is -0.336. The summed E-state index contributed by atoms with van der Waals surface area (Å²) in [5.74, 6) is -5.46. The quantitative estimate of drug-likeness (QED) is 0.116. The third-order valence-corrected chi connectivity index (χ3v) is 13.4. The van der Waals surface area contributed by atoms with Crippen molar-refractivity contribution in [3.05, 3.63) is 10.4 Å². The van der Waals surface area contributed by atoms with Gasteiger partial charge < -0.3 is 58.1 Å². The number of hydrogen-bond donors (Lipinski definition) is 3. The summed E-state index contributed by atoms with van der Waals surface area (Å²) in [7, 11) is 6.62. The molecule has 59 heavy (non-hydrogen) atoms. The second-order valence-electron chi connectivity index (χ2n) is 17.9. The predicted molar refractivity (Wildman–Crippen MR) is 214 cm³/mol. The predicted octanol–water partition coefficient (Wildman–Crippen LogP) is 3.69. The maximum Gasteiger partial charge on any atom is 0.311 e. The van der Waals surface area contributed by atoms with E-state index < -0.39 is 107 Å². The maximum absolute atomic E-state index is 14.4. The number of hydrogen-bond acceptors (Lipinski definition) is 16. The lowest BCUT2D eigenvalue weighted by Gasteiger charge is -2.53. The fourth-order valence-electron chi connectivity index (χ4n) is 9.38. The van der Waals surface area contributed by atoms with Gasteiger partial charge in [-0.15, -0.1) is 0 Å². The molecular weight excluding hydrogens is 772 g/mol. The van der Waals surface area contributed by atoms with Crippen LogP contribution in [0.1, 0.15) is 102 Å². The van der Waals surface area contributed by atoms with Crippen molar-refractivity contribution in [2.75, 3.05) is 34.9 Å². The molecule has 18 atom stereocenters. The third kappa shape index (κ3) is 10.8. The van der Waals surface area contributed by atoms with E-state index in [1.807, 2.05) is 25.9 Å². The number of ketones is 1. The van der Waals surface area contributed by atoms with Crippen molar-refractivity contribution in [2.24, 2.45) is 28.8 Å². The van der Waals surface area contributed by atoms with Gasteiger partial charge in [-0.25, -0.2) is 0 Å². The van der Waals surface area contributed by atoms with E-state index in [4.69, 9.17) is 43.4 Å². The SMILES string of the molecule is CC[C@H]1OC(=O)[C@H](C)[C@@H](O[C@H]2C[C@@](C)(OC)[C@@](O)(CN=[N+]=[N-])[C@H](C)O2)[C@H](C)[C@@H](O[C@@H]2O[C@H](C)C[C@H](N(C)C)[C@H]2OC(C)=O)[C@@](C)(OC)C[C@@H](C)C(=O)[C@H](C)[C@@H](O)[C@]1(C)O. The first-order valence-corrected chi connectivity index (χ1v) is 20.7. The average molecular weight is 845 g/mol. The lowest BCUT2D eigenvalue weighted by Crippen LogP contribution is -2.68. The first kappa shape index (κ1) is 50.9. The van der Waals surface area contributed by atoms with Crippen molar-refractivity contribution in [1.29, 1.82) is 0 Å². The number of Topliss-reactive ketones (excluding diaryl/α,β-unsaturated/α-hetero) is 1. The Balaban J connectivity index is 2.30. The number of azide groups is 1. The van der Waals surface area contributed by atoms with Gasteiger partial charge in [-0.2, -0.15) is 0 Å². The van der Waals surface area contributed by atoms with Gasteiger partial charge >= 0.3 is 11.9 Å². The molecule has 0 aromatic heterocycles. The van der Waals surface area contributed by atoms with E-state index in [1.54, 1.807) is 48.5 Å². The van der Waals surface area contributed by atoms with E-state index in [2.05, 4.69) is 10.0 Å². The highest BCUT2D eigenvalue weighted by molar-refractivity contribution is 5.83. The van der Waals surface area contributed by atoms with Crippen molar-refractivity contribution in [3.8, 4) is 0 Å². The molecule has 0 spiro atoms. The van der Waals surface area contributed by atoms with Crippen molar-refractivity contribution >= 4 is 17.7 Å². The minimum atomic E-state index is -2.02. The number of carbonyl (C=O) groups excluding carboxylic acids is 3. The van der Waals surface area contributed by atoms with Crippen LogP contribution in [-0.4, -0.2) is 157 Å². The molecule has 3 aliphatic heterocycles. The second-order valence-corrected chi connectivity index (χ2v) is 17.9. The van der Waals surface area contributed by atoms with E-state index in [0.717, 1.165) is 0 Å². The molecule has 0 amide bonds. The number of methoxy groups -OCH3 is 2. The summed E-state index contributed by atoms with van der Waals surface area (Å²) in [6, 6.07) is -0.314. The Hall–Kier alpha value is -2.48. The molecule has 340 valence electrons. The highest BCUT2D eigenvalue weighted by atomic mass is 16.7. The zero-order valence-electron chi connectivity index (χ0n) is 37.7. The number of cyclic esters (lactones) is 1. The third-order valence-electron chi connectivity index (χ3n) is 13.4. The summed E-state index contributed by atoms with van der Waals surface area (Å²) in [4.78, 5) is 45.9. The normalized spacial score (nSPS) is 45.5. The molecule has 18 nitrogen and oxygen atoms in total. The van der Waals surface area contributed by atoms with Crippen molar-refractivity contribution in [3.63, 3.8) is 0 Å². The minimum Gasteiger partial charge on any atom is -0.459 e. The smallest absolute Gasteiger partial charge is 0.311 e. The number of rotatable bonds is 11. The monoisotopic (exact) mass is 845 g/mol. The Morgan fingerprint density at radius 2 is 1.59 bits per heavy atom. The highest BCUT2D eigenvalue weighted by Crippen LogP contribution is 2.44. The molecule has 3 aliphatic rings. The van der Waals surface area contributed by atoms with Gasteiger partial charge in [-0.3, -0.25) is 14.4 Å². The molecule has 0 saturated carbocycles. The zero-order valence-corrected chi connectivity index (χ0v) is 37.7. The van der Waals surface area contributed by atoms with Crippen LogP contribution in [0.4, 0.5) is 0 Å². The summed E-state index contributed by atoms with van der Waals surface area (Å²) in [6.45, 7) is 17.5.